The maximum absolute atomic E-state index is 12.6. The zero-order valence-corrected chi connectivity index (χ0v) is 13.6. The smallest absolute Gasteiger partial charge is 0.424 e. The first-order chi connectivity index (χ1) is 9.37. The molecule has 0 bridgehead atoms. The van der Waals surface area contributed by atoms with Gasteiger partial charge in [-0.2, -0.15) is 4.31 Å². The number of hydrogen-bond acceptors (Lipinski definition) is 4. The molecule has 1 aromatic rings. The van der Waals surface area contributed by atoms with Crippen molar-refractivity contribution in [3.8, 4) is 0 Å². The van der Waals surface area contributed by atoms with Gasteiger partial charge in [-0.1, -0.05) is 40.5 Å². The maximum atomic E-state index is 12.6. The second kappa shape index (κ2) is 5.73. The maximum Gasteiger partial charge on any atom is 0.424 e. The van der Waals surface area contributed by atoms with E-state index in [4.69, 9.17) is 4.74 Å². The van der Waals surface area contributed by atoms with Crippen molar-refractivity contribution in [2.75, 3.05) is 6.61 Å². The Bertz CT molecular complexity index is 599. The van der Waals surface area contributed by atoms with Crippen LogP contribution in [0.25, 0.3) is 0 Å². The van der Waals surface area contributed by atoms with Crippen LogP contribution in [0.3, 0.4) is 0 Å². The first-order valence-corrected chi connectivity index (χ1v) is 8.65. The minimum atomic E-state index is -3.88. The number of amides is 1. The normalized spacial score (nSPS) is 20.9. The molecular weight excluding hydrogens is 346 g/mol. The van der Waals surface area contributed by atoms with Crippen molar-refractivity contribution in [1.29, 1.82) is 0 Å². The summed E-state index contributed by atoms with van der Waals surface area (Å²) in [6.45, 7) is 3.86. The number of halogens is 1. The number of hydrogen-bond donors (Lipinski definition) is 0. The molecule has 0 aliphatic carbocycles. The van der Waals surface area contributed by atoms with Crippen molar-refractivity contribution in [3.63, 3.8) is 0 Å². The van der Waals surface area contributed by atoms with Crippen molar-refractivity contribution in [2.45, 2.75) is 36.0 Å². The molecule has 2 atom stereocenters. The van der Waals surface area contributed by atoms with Gasteiger partial charge in [-0.3, -0.25) is 0 Å². The van der Waals surface area contributed by atoms with Crippen LogP contribution in [0.5, 0.6) is 0 Å². The van der Waals surface area contributed by atoms with Crippen LogP contribution in [0.2, 0.25) is 0 Å². The van der Waals surface area contributed by atoms with E-state index in [1.165, 1.54) is 12.1 Å². The Balaban J connectivity index is 2.40. The molecule has 1 aliphatic heterocycles. The third kappa shape index (κ3) is 2.69. The van der Waals surface area contributed by atoms with Crippen LogP contribution in [0.15, 0.2) is 29.2 Å². The van der Waals surface area contributed by atoms with Crippen molar-refractivity contribution in [2.24, 2.45) is 0 Å². The lowest BCUT2D eigenvalue weighted by atomic mass is 10.2. The van der Waals surface area contributed by atoms with Crippen molar-refractivity contribution >= 4 is 32.0 Å². The molecule has 2 rings (SSSR count). The van der Waals surface area contributed by atoms with E-state index in [-0.39, 0.29) is 16.3 Å². The highest BCUT2D eigenvalue weighted by atomic mass is 79.9. The molecule has 110 valence electrons. The van der Waals surface area contributed by atoms with Gasteiger partial charge in [0.25, 0.3) is 10.0 Å². The Morgan fingerprint density at radius 2 is 2.00 bits per heavy atom. The summed E-state index contributed by atoms with van der Waals surface area (Å²) in [4.78, 5) is 11.8. The number of carbonyl (C=O) groups is 1. The van der Waals surface area contributed by atoms with Gasteiger partial charge in [0, 0.05) is 4.83 Å². The van der Waals surface area contributed by atoms with Gasteiger partial charge < -0.3 is 4.74 Å². The molecule has 0 spiro atoms. The van der Waals surface area contributed by atoms with Crippen LogP contribution in [-0.4, -0.2) is 36.3 Å². The van der Waals surface area contributed by atoms with Gasteiger partial charge >= 0.3 is 6.09 Å². The number of alkyl halides is 1. The monoisotopic (exact) mass is 361 g/mol. The van der Waals surface area contributed by atoms with E-state index in [1.807, 2.05) is 13.8 Å². The van der Waals surface area contributed by atoms with Gasteiger partial charge in [-0.05, 0) is 25.5 Å². The SMILES string of the molecule is CC[C@@H](Br)[C@H]1COC(=O)N1S(=O)(=O)c1ccc(C)cc1. The van der Waals surface area contributed by atoms with E-state index in [0.717, 1.165) is 9.87 Å². The zero-order chi connectivity index (χ0) is 14.9. The Kier molecular flexibility index (Phi) is 4.39. The zero-order valence-electron chi connectivity index (χ0n) is 11.2. The fourth-order valence-corrected chi connectivity index (χ4v) is 4.11. The minimum Gasteiger partial charge on any atom is -0.446 e. The summed E-state index contributed by atoms with van der Waals surface area (Å²) in [5.74, 6) is 0. The number of ether oxygens (including phenoxy) is 1. The summed E-state index contributed by atoms with van der Waals surface area (Å²) in [6.07, 6.45) is -0.116. The van der Waals surface area contributed by atoms with Crippen LogP contribution in [0.4, 0.5) is 4.79 Å². The number of nitrogens with zero attached hydrogens (tertiary/aromatic N) is 1. The van der Waals surface area contributed by atoms with E-state index >= 15 is 0 Å². The Morgan fingerprint density at radius 1 is 1.40 bits per heavy atom. The van der Waals surface area contributed by atoms with Crippen LogP contribution in [-0.2, 0) is 14.8 Å². The molecule has 7 heteroatoms. The minimum absolute atomic E-state index is 0.0771. The lowest BCUT2D eigenvalue weighted by molar-refractivity contribution is 0.170. The molecule has 1 aliphatic rings. The lowest BCUT2D eigenvalue weighted by Gasteiger charge is -2.24. The molecule has 0 aromatic heterocycles. The van der Waals surface area contributed by atoms with E-state index in [2.05, 4.69) is 15.9 Å². The third-order valence-corrected chi connectivity index (χ3v) is 6.31. The van der Waals surface area contributed by atoms with E-state index in [9.17, 15) is 13.2 Å². The molecule has 20 heavy (non-hydrogen) atoms. The van der Waals surface area contributed by atoms with Crippen molar-refractivity contribution in [1.82, 2.24) is 4.31 Å². The molecule has 1 heterocycles. The number of cyclic esters (lactones) is 1. The number of carbonyl (C=O) groups excluding carboxylic acids is 1. The largest absolute Gasteiger partial charge is 0.446 e. The highest BCUT2D eigenvalue weighted by Crippen LogP contribution is 2.29. The predicted octanol–water partition coefficient (Wildman–Crippen LogP) is 2.68. The lowest BCUT2D eigenvalue weighted by Crippen LogP contribution is -2.43. The quantitative estimate of drug-likeness (QED) is 0.773. The topological polar surface area (TPSA) is 63.7 Å². The molecule has 1 saturated heterocycles. The van der Waals surface area contributed by atoms with E-state index in [0.29, 0.717) is 6.42 Å². The Hall–Kier alpha value is -1.08. The molecule has 1 fully saturated rings. The number of aryl methyl sites for hydroxylation is 1. The van der Waals surface area contributed by atoms with E-state index < -0.39 is 22.2 Å². The van der Waals surface area contributed by atoms with Crippen molar-refractivity contribution < 1.29 is 17.9 Å². The van der Waals surface area contributed by atoms with Gasteiger partial charge in [0.2, 0.25) is 0 Å². The Labute approximate surface area is 127 Å². The molecule has 0 N–H and O–H groups in total. The second-order valence-electron chi connectivity index (χ2n) is 4.68. The first kappa shape index (κ1) is 15.3. The van der Waals surface area contributed by atoms with Crippen LogP contribution in [0, 0.1) is 6.92 Å². The van der Waals surface area contributed by atoms with Gasteiger partial charge in [0.15, 0.2) is 0 Å². The highest BCUT2D eigenvalue weighted by molar-refractivity contribution is 9.09. The summed E-state index contributed by atoms with van der Waals surface area (Å²) >= 11 is 3.41. The van der Waals surface area contributed by atoms with E-state index in [1.54, 1.807) is 12.1 Å². The molecule has 1 amide bonds. The van der Waals surface area contributed by atoms with Gasteiger partial charge in [0.05, 0.1) is 10.9 Å². The average Bonchev–Trinajstić information content (AvgIpc) is 2.81. The molecule has 0 radical (unpaired) electrons. The first-order valence-electron chi connectivity index (χ1n) is 6.30. The van der Waals surface area contributed by atoms with Gasteiger partial charge in [0.1, 0.15) is 6.61 Å². The van der Waals surface area contributed by atoms with Crippen LogP contribution < -0.4 is 0 Å². The third-order valence-electron chi connectivity index (χ3n) is 3.24. The molecule has 1 aromatic carbocycles. The number of benzene rings is 1. The molecular formula is C13H16BrNO4S. The van der Waals surface area contributed by atoms with Gasteiger partial charge in [-0.25, -0.2) is 13.2 Å². The second-order valence-corrected chi connectivity index (χ2v) is 7.67. The summed E-state index contributed by atoms with van der Waals surface area (Å²) < 4.78 is 30.9. The van der Waals surface area contributed by atoms with Crippen LogP contribution in [0.1, 0.15) is 18.9 Å². The highest BCUT2D eigenvalue weighted by Gasteiger charge is 2.45. The van der Waals surface area contributed by atoms with Gasteiger partial charge in [-0.15, -0.1) is 0 Å². The number of rotatable bonds is 4. The fourth-order valence-electron chi connectivity index (χ4n) is 2.05. The van der Waals surface area contributed by atoms with Crippen LogP contribution >= 0.6 is 15.9 Å². The molecule has 0 unspecified atom stereocenters. The average molecular weight is 362 g/mol. The summed E-state index contributed by atoms with van der Waals surface area (Å²) in [5.41, 5.74) is 0.955. The summed E-state index contributed by atoms with van der Waals surface area (Å²) in [7, 11) is -3.88. The Morgan fingerprint density at radius 3 is 2.55 bits per heavy atom. The fraction of sp³-hybridized carbons (Fsp3) is 0.462. The standard InChI is InChI=1S/C13H16BrNO4S/c1-3-11(14)12-8-19-13(16)15(12)20(17,18)10-6-4-9(2)5-7-10/h4-7,11-12H,3,8H2,1-2H3/t11-,12-/m1/s1. The summed E-state index contributed by atoms with van der Waals surface area (Å²) in [6, 6.07) is 5.90. The number of sulfonamides is 1. The predicted molar refractivity (Wildman–Crippen MR) is 78.3 cm³/mol. The molecule has 0 saturated carbocycles. The molecule has 5 nitrogen and oxygen atoms in total. The van der Waals surface area contributed by atoms with Crippen molar-refractivity contribution in [3.05, 3.63) is 29.8 Å². The summed E-state index contributed by atoms with van der Waals surface area (Å²) in [5, 5.41) is 0.